The quantitative estimate of drug-likeness (QED) is 0.817. The van der Waals surface area contributed by atoms with Gasteiger partial charge >= 0.3 is 5.97 Å². The van der Waals surface area contributed by atoms with Gasteiger partial charge in [-0.15, -0.1) is 0 Å². The molecule has 0 bridgehead atoms. The molecule has 1 aromatic carbocycles. The van der Waals surface area contributed by atoms with Crippen LogP contribution in [0, 0.1) is 5.92 Å². The van der Waals surface area contributed by atoms with E-state index in [0.29, 0.717) is 5.75 Å². The smallest absolute Gasteiger partial charge is 0.311 e. The molecule has 1 fully saturated rings. The van der Waals surface area contributed by atoms with Gasteiger partial charge in [-0.05, 0) is 17.7 Å². The van der Waals surface area contributed by atoms with Crippen LogP contribution in [0.5, 0.6) is 5.75 Å². The topological polar surface area (TPSA) is 84.9 Å². The maximum Gasteiger partial charge on any atom is 0.311 e. The third-order valence-corrected chi connectivity index (χ3v) is 3.24. The molecule has 1 aromatic rings. The van der Waals surface area contributed by atoms with Crippen LogP contribution in [-0.4, -0.2) is 43.3 Å². The Hall–Kier alpha value is -2.08. The summed E-state index contributed by atoms with van der Waals surface area (Å²) in [6, 6.07) is 6.74. The predicted octanol–water partition coefficient (Wildman–Crippen LogP) is 0.453. The lowest BCUT2D eigenvalue weighted by Crippen LogP contribution is -2.43. The van der Waals surface area contributed by atoms with Crippen LogP contribution in [0.15, 0.2) is 24.3 Å². The summed E-state index contributed by atoms with van der Waals surface area (Å²) in [4.78, 5) is 22.9. The van der Waals surface area contributed by atoms with Gasteiger partial charge in [0.2, 0.25) is 5.91 Å². The number of aliphatic carboxylic acids is 1. The van der Waals surface area contributed by atoms with E-state index in [0.717, 1.165) is 5.56 Å². The zero-order chi connectivity index (χ0) is 14.5. The van der Waals surface area contributed by atoms with Gasteiger partial charge in [-0.25, -0.2) is 0 Å². The van der Waals surface area contributed by atoms with E-state index < -0.39 is 17.9 Å². The molecule has 0 spiro atoms. The fourth-order valence-electron chi connectivity index (χ4n) is 2.17. The Morgan fingerprint density at radius 3 is 2.95 bits per heavy atom. The Balaban J connectivity index is 1.93. The van der Waals surface area contributed by atoms with E-state index in [1.165, 1.54) is 0 Å². The number of carbonyl (C=O) groups is 2. The standard InChI is InChI=1S/C14H17NO5/c1-19-10-4-2-3-9(5-10)6-13(16)15-12-8-20-7-11(12)14(17)18/h2-5,11-12H,6-8H2,1H3,(H,15,16)(H,17,18). The molecule has 0 aromatic heterocycles. The molecule has 0 aliphatic carbocycles. The average Bonchev–Trinajstić information content (AvgIpc) is 2.87. The molecular weight excluding hydrogens is 262 g/mol. The van der Waals surface area contributed by atoms with Crippen molar-refractivity contribution in [1.82, 2.24) is 5.32 Å². The highest BCUT2D eigenvalue weighted by molar-refractivity contribution is 5.80. The SMILES string of the molecule is COc1cccc(CC(=O)NC2COCC2C(=O)O)c1. The highest BCUT2D eigenvalue weighted by Gasteiger charge is 2.34. The van der Waals surface area contributed by atoms with Crippen LogP contribution in [-0.2, 0) is 20.7 Å². The molecule has 108 valence electrons. The van der Waals surface area contributed by atoms with Gasteiger partial charge in [-0.2, -0.15) is 0 Å². The lowest BCUT2D eigenvalue weighted by molar-refractivity contribution is -0.142. The highest BCUT2D eigenvalue weighted by Crippen LogP contribution is 2.15. The molecule has 1 aliphatic rings. The Morgan fingerprint density at radius 2 is 2.25 bits per heavy atom. The fourth-order valence-corrected chi connectivity index (χ4v) is 2.17. The summed E-state index contributed by atoms with van der Waals surface area (Å²) < 4.78 is 10.2. The Bertz CT molecular complexity index is 502. The maximum absolute atomic E-state index is 11.9. The van der Waals surface area contributed by atoms with E-state index in [4.69, 9.17) is 14.6 Å². The summed E-state index contributed by atoms with van der Waals surface area (Å²) in [7, 11) is 1.56. The van der Waals surface area contributed by atoms with Crippen LogP contribution in [0.2, 0.25) is 0 Å². The maximum atomic E-state index is 11.9. The zero-order valence-electron chi connectivity index (χ0n) is 11.2. The summed E-state index contributed by atoms with van der Waals surface area (Å²) in [6.07, 6.45) is 0.181. The van der Waals surface area contributed by atoms with Crippen molar-refractivity contribution < 1.29 is 24.2 Å². The van der Waals surface area contributed by atoms with Crippen molar-refractivity contribution in [3.63, 3.8) is 0 Å². The van der Waals surface area contributed by atoms with Gasteiger partial charge < -0.3 is 19.9 Å². The number of carboxylic acid groups (broad SMARTS) is 1. The number of carboxylic acids is 1. The Morgan fingerprint density at radius 1 is 1.45 bits per heavy atom. The van der Waals surface area contributed by atoms with Crippen molar-refractivity contribution in [2.75, 3.05) is 20.3 Å². The van der Waals surface area contributed by atoms with Crippen LogP contribution in [0.1, 0.15) is 5.56 Å². The first kappa shape index (κ1) is 14.3. The monoisotopic (exact) mass is 279 g/mol. The van der Waals surface area contributed by atoms with Crippen molar-refractivity contribution >= 4 is 11.9 Å². The minimum atomic E-state index is -0.950. The number of rotatable bonds is 5. The predicted molar refractivity (Wildman–Crippen MR) is 70.6 cm³/mol. The first-order valence-corrected chi connectivity index (χ1v) is 6.33. The van der Waals surface area contributed by atoms with Crippen molar-refractivity contribution in [1.29, 1.82) is 0 Å². The van der Waals surface area contributed by atoms with E-state index in [-0.39, 0.29) is 25.5 Å². The van der Waals surface area contributed by atoms with Gasteiger partial charge in [0.1, 0.15) is 11.7 Å². The van der Waals surface area contributed by atoms with E-state index in [1.54, 1.807) is 25.3 Å². The van der Waals surface area contributed by atoms with E-state index in [9.17, 15) is 9.59 Å². The molecule has 1 heterocycles. The third-order valence-electron chi connectivity index (χ3n) is 3.24. The van der Waals surface area contributed by atoms with Gasteiger partial charge in [0, 0.05) is 0 Å². The van der Waals surface area contributed by atoms with Crippen LogP contribution in [0.25, 0.3) is 0 Å². The fraction of sp³-hybridized carbons (Fsp3) is 0.429. The number of amides is 1. The first-order chi connectivity index (χ1) is 9.60. The van der Waals surface area contributed by atoms with Crippen LogP contribution >= 0.6 is 0 Å². The average molecular weight is 279 g/mol. The molecule has 2 unspecified atom stereocenters. The van der Waals surface area contributed by atoms with Gasteiger partial charge in [-0.1, -0.05) is 12.1 Å². The molecule has 2 rings (SSSR count). The van der Waals surface area contributed by atoms with E-state index >= 15 is 0 Å². The van der Waals surface area contributed by atoms with Gasteiger partial charge in [0.25, 0.3) is 0 Å². The molecular formula is C14H17NO5. The van der Waals surface area contributed by atoms with Crippen LogP contribution in [0.4, 0.5) is 0 Å². The second-order valence-electron chi connectivity index (χ2n) is 4.68. The summed E-state index contributed by atoms with van der Waals surface area (Å²) in [5, 5.41) is 11.7. The number of hydrogen-bond acceptors (Lipinski definition) is 4. The largest absolute Gasteiger partial charge is 0.497 e. The molecule has 6 nitrogen and oxygen atoms in total. The summed E-state index contributed by atoms with van der Waals surface area (Å²) in [5.74, 6) is -1.17. The highest BCUT2D eigenvalue weighted by atomic mass is 16.5. The number of benzene rings is 1. The lowest BCUT2D eigenvalue weighted by atomic mass is 10.0. The Kier molecular flexibility index (Phi) is 4.57. The van der Waals surface area contributed by atoms with Gasteiger partial charge in [0.15, 0.2) is 0 Å². The van der Waals surface area contributed by atoms with Crippen LogP contribution < -0.4 is 10.1 Å². The zero-order valence-corrected chi connectivity index (χ0v) is 11.2. The van der Waals surface area contributed by atoms with E-state index in [1.807, 2.05) is 6.07 Å². The van der Waals surface area contributed by atoms with E-state index in [2.05, 4.69) is 5.32 Å². The molecule has 0 radical (unpaired) electrons. The van der Waals surface area contributed by atoms with Crippen molar-refractivity contribution in [3.8, 4) is 5.75 Å². The number of methoxy groups -OCH3 is 1. The minimum absolute atomic E-state index is 0.138. The molecule has 2 atom stereocenters. The van der Waals surface area contributed by atoms with Crippen molar-refractivity contribution in [2.45, 2.75) is 12.5 Å². The minimum Gasteiger partial charge on any atom is -0.497 e. The molecule has 6 heteroatoms. The molecule has 20 heavy (non-hydrogen) atoms. The molecule has 0 saturated carbocycles. The summed E-state index contributed by atoms with van der Waals surface area (Å²) >= 11 is 0. The third kappa shape index (κ3) is 3.48. The first-order valence-electron chi connectivity index (χ1n) is 6.33. The number of carbonyl (C=O) groups excluding carboxylic acids is 1. The summed E-state index contributed by atoms with van der Waals surface area (Å²) in [5.41, 5.74) is 0.813. The second kappa shape index (κ2) is 6.38. The number of nitrogens with one attached hydrogen (secondary N) is 1. The summed E-state index contributed by atoms with van der Waals surface area (Å²) in [6.45, 7) is 0.375. The van der Waals surface area contributed by atoms with Crippen LogP contribution in [0.3, 0.4) is 0 Å². The Labute approximate surface area is 116 Å². The number of ether oxygens (including phenoxy) is 2. The van der Waals surface area contributed by atoms with Gasteiger partial charge in [0.05, 0.1) is 32.8 Å². The van der Waals surface area contributed by atoms with Crippen molar-refractivity contribution in [3.05, 3.63) is 29.8 Å². The second-order valence-corrected chi connectivity index (χ2v) is 4.68. The number of hydrogen-bond donors (Lipinski definition) is 2. The molecule has 1 aliphatic heterocycles. The molecule has 2 N–H and O–H groups in total. The lowest BCUT2D eigenvalue weighted by Gasteiger charge is -2.15. The molecule has 1 amide bonds. The van der Waals surface area contributed by atoms with Gasteiger partial charge in [-0.3, -0.25) is 9.59 Å². The normalized spacial score (nSPS) is 21.4. The molecule has 1 saturated heterocycles. The van der Waals surface area contributed by atoms with Crippen molar-refractivity contribution in [2.24, 2.45) is 5.92 Å².